The molecular formula is C33H37FN4O4. The average molecular weight is 573 g/mol. The van der Waals surface area contributed by atoms with E-state index in [0.29, 0.717) is 5.82 Å². The standard InChI is InChI=1S/C33H37FN4O4/c1-4-22(3)32-29(16-15-27(39)20-28(40)21-31(41)42-5-2)33(23-11-13-24(34)14-12-23)38(37-32)26-17-18-35-30(19-26)36-25-9-7-6-8-10-25/h6-19,22,27-28,39-40H,4-5,20-21H2,1-3H3,(H,35,36)/b16-15+. The van der Waals surface area contributed by atoms with Crippen molar-refractivity contribution >= 4 is 23.6 Å². The van der Waals surface area contributed by atoms with Crippen LogP contribution < -0.4 is 5.32 Å². The second-order valence-electron chi connectivity index (χ2n) is 10.1. The van der Waals surface area contributed by atoms with Gasteiger partial charge in [-0.2, -0.15) is 5.10 Å². The normalized spacial score (nSPS) is 13.6. The number of anilines is 2. The predicted molar refractivity (Wildman–Crippen MR) is 162 cm³/mol. The summed E-state index contributed by atoms with van der Waals surface area (Å²) in [4.78, 5) is 16.2. The van der Waals surface area contributed by atoms with Gasteiger partial charge in [-0.15, -0.1) is 0 Å². The molecule has 0 amide bonds. The molecule has 2 aromatic carbocycles. The van der Waals surface area contributed by atoms with Gasteiger partial charge < -0.3 is 20.3 Å². The van der Waals surface area contributed by atoms with Crippen LogP contribution in [0.3, 0.4) is 0 Å². The van der Waals surface area contributed by atoms with Gasteiger partial charge in [0, 0.05) is 41.4 Å². The summed E-state index contributed by atoms with van der Waals surface area (Å²) >= 11 is 0. The summed E-state index contributed by atoms with van der Waals surface area (Å²) in [5.74, 6) is -0.167. The van der Waals surface area contributed by atoms with E-state index in [1.165, 1.54) is 12.1 Å². The van der Waals surface area contributed by atoms with Gasteiger partial charge in [-0.3, -0.25) is 4.79 Å². The molecule has 3 atom stereocenters. The number of para-hydroxylation sites is 1. The minimum atomic E-state index is -1.05. The number of nitrogens with zero attached hydrogens (tertiary/aromatic N) is 3. The zero-order chi connectivity index (χ0) is 30.1. The first kappa shape index (κ1) is 30.6. The molecule has 0 saturated carbocycles. The summed E-state index contributed by atoms with van der Waals surface area (Å²) in [6, 6.07) is 19.7. The number of pyridine rings is 1. The lowest BCUT2D eigenvalue weighted by atomic mass is 9.96. The number of hydrogen-bond donors (Lipinski definition) is 3. The molecule has 0 fully saturated rings. The van der Waals surface area contributed by atoms with Gasteiger partial charge in [-0.1, -0.05) is 44.2 Å². The quantitative estimate of drug-likeness (QED) is 0.159. The molecule has 0 aliphatic rings. The Labute approximate surface area is 245 Å². The highest BCUT2D eigenvalue weighted by Gasteiger charge is 2.23. The molecule has 2 aromatic heterocycles. The van der Waals surface area contributed by atoms with Gasteiger partial charge in [-0.25, -0.2) is 14.1 Å². The Kier molecular flexibility index (Phi) is 10.6. The lowest BCUT2D eigenvalue weighted by Gasteiger charge is -2.13. The first-order valence-corrected chi connectivity index (χ1v) is 14.2. The number of nitrogens with one attached hydrogen (secondary N) is 1. The minimum absolute atomic E-state index is 0.0349. The number of halogens is 1. The topological polar surface area (TPSA) is 110 Å². The van der Waals surface area contributed by atoms with Crippen molar-refractivity contribution in [1.82, 2.24) is 14.8 Å². The number of aromatic nitrogens is 3. The van der Waals surface area contributed by atoms with E-state index >= 15 is 0 Å². The van der Waals surface area contributed by atoms with Gasteiger partial charge >= 0.3 is 5.97 Å². The number of carbonyl (C=O) groups is 1. The van der Waals surface area contributed by atoms with Crippen LogP contribution >= 0.6 is 0 Å². The van der Waals surface area contributed by atoms with Gasteiger partial charge in [0.25, 0.3) is 0 Å². The van der Waals surface area contributed by atoms with Crippen molar-refractivity contribution in [2.45, 2.75) is 58.2 Å². The van der Waals surface area contributed by atoms with Crippen LogP contribution in [0.15, 0.2) is 79.0 Å². The van der Waals surface area contributed by atoms with Crippen LogP contribution in [0, 0.1) is 5.82 Å². The first-order valence-electron chi connectivity index (χ1n) is 14.2. The van der Waals surface area contributed by atoms with Gasteiger partial charge in [0.05, 0.1) is 42.3 Å². The van der Waals surface area contributed by atoms with Crippen LogP contribution in [0.25, 0.3) is 23.0 Å². The van der Waals surface area contributed by atoms with Crippen molar-refractivity contribution in [3.05, 3.63) is 96.1 Å². The number of esters is 1. The molecule has 4 rings (SSSR count). The van der Waals surface area contributed by atoms with E-state index in [9.17, 15) is 19.4 Å². The summed E-state index contributed by atoms with van der Waals surface area (Å²) in [5, 5.41) is 29.3. The van der Waals surface area contributed by atoms with Crippen LogP contribution in [0.1, 0.15) is 57.2 Å². The van der Waals surface area contributed by atoms with Crippen molar-refractivity contribution in [3.63, 3.8) is 0 Å². The van der Waals surface area contributed by atoms with Gasteiger partial charge in [0.1, 0.15) is 11.6 Å². The maximum absolute atomic E-state index is 13.9. The molecule has 0 saturated heterocycles. The lowest BCUT2D eigenvalue weighted by Crippen LogP contribution is -2.20. The maximum atomic E-state index is 13.9. The Bertz CT molecular complexity index is 1490. The van der Waals surface area contributed by atoms with Crippen molar-refractivity contribution in [2.24, 2.45) is 0 Å². The first-order chi connectivity index (χ1) is 20.3. The summed E-state index contributed by atoms with van der Waals surface area (Å²) in [6.45, 7) is 6.07. The fraction of sp³-hybridized carbons (Fsp3) is 0.303. The second-order valence-corrected chi connectivity index (χ2v) is 10.1. The predicted octanol–water partition coefficient (Wildman–Crippen LogP) is 6.41. The van der Waals surface area contributed by atoms with E-state index in [0.717, 1.165) is 40.3 Å². The lowest BCUT2D eigenvalue weighted by molar-refractivity contribution is -0.145. The van der Waals surface area contributed by atoms with Gasteiger partial charge in [0.2, 0.25) is 0 Å². The SMILES string of the molecule is CCOC(=O)CC(O)CC(O)/C=C/c1c(C(C)CC)nn(-c2ccnc(Nc3ccccc3)c2)c1-c1ccc(F)cc1. The smallest absolute Gasteiger partial charge is 0.308 e. The zero-order valence-electron chi connectivity index (χ0n) is 24.1. The number of aliphatic hydroxyl groups excluding tert-OH is 2. The zero-order valence-corrected chi connectivity index (χ0v) is 24.1. The second kappa shape index (κ2) is 14.5. The Morgan fingerprint density at radius 3 is 2.52 bits per heavy atom. The highest BCUT2D eigenvalue weighted by Crippen LogP contribution is 2.35. The summed E-state index contributed by atoms with van der Waals surface area (Å²) in [7, 11) is 0. The molecule has 220 valence electrons. The third-order valence-electron chi connectivity index (χ3n) is 6.89. The average Bonchev–Trinajstić information content (AvgIpc) is 3.36. The van der Waals surface area contributed by atoms with E-state index < -0.39 is 18.2 Å². The highest BCUT2D eigenvalue weighted by atomic mass is 19.1. The fourth-order valence-electron chi connectivity index (χ4n) is 4.59. The Morgan fingerprint density at radius 2 is 1.83 bits per heavy atom. The van der Waals surface area contributed by atoms with E-state index in [4.69, 9.17) is 9.84 Å². The molecule has 0 spiro atoms. The number of ether oxygens (including phenoxy) is 1. The fourth-order valence-corrected chi connectivity index (χ4v) is 4.59. The molecule has 9 heteroatoms. The molecule has 3 N–H and O–H groups in total. The molecule has 2 heterocycles. The van der Waals surface area contributed by atoms with E-state index in [-0.39, 0.29) is 31.2 Å². The summed E-state index contributed by atoms with van der Waals surface area (Å²) in [6.07, 6.45) is 3.58. The molecule has 4 aromatic rings. The van der Waals surface area contributed by atoms with Gasteiger partial charge in [-0.05, 0) is 55.8 Å². The molecule has 0 aliphatic carbocycles. The molecule has 0 radical (unpaired) electrons. The third-order valence-corrected chi connectivity index (χ3v) is 6.89. The van der Waals surface area contributed by atoms with Crippen LogP contribution in [0.4, 0.5) is 15.9 Å². The molecule has 8 nitrogen and oxygen atoms in total. The van der Waals surface area contributed by atoms with Crippen molar-refractivity contribution in [1.29, 1.82) is 0 Å². The Balaban J connectivity index is 1.75. The number of hydrogen-bond acceptors (Lipinski definition) is 7. The number of carbonyl (C=O) groups excluding carboxylic acids is 1. The van der Waals surface area contributed by atoms with Gasteiger partial charge in [0.15, 0.2) is 0 Å². The molecule has 0 bridgehead atoms. The van der Waals surface area contributed by atoms with E-state index in [1.807, 2.05) is 47.1 Å². The van der Waals surface area contributed by atoms with Crippen LogP contribution in [-0.2, 0) is 9.53 Å². The number of rotatable bonds is 13. The van der Waals surface area contributed by atoms with Crippen molar-refractivity contribution < 1.29 is 24.1 Å². The van der Waals surface area contributed by atoms with Crippen LogP contribution in [-0.4, -0.2) is 49.8 Å². The third kappa shape index (κ3) is 7.90. The molecule has 42 heavy (non-hydrogen) atoms. The minimum Gasteiger partial charge on any atom is -0.466 e. The van der Waals surface area contributed by atoms with Crippen LogP contribution in [0.2, 0.25) is 0 Å². The molecular weight excluding hydrogens is 535 g/mol. The van der Waals surface area contributed by atoms with E-state index in [1.54, 1.807) is 37.4 Å². The summed E-state index contributed by atoms with van der Waals surface area (Å²) in [5.41, 5.74) is 4.68. The van der Waals surface area contributed by atoms with Crippen LogP contribution in [0.5, 0.6) is 0 Å². The Morgan fingerprint density at radius 1 is 1.10 bits per heavy atom. The van der Waals surface area contributed by atoms with E-state index in [2.05, 4.69) is 24.1 Å². The number of aliphatic hydroxyl groups is 2. The molecule has 0 aliphatic heterocycles. The summed E-state index contributed by atoms with van der Waals surface area (Å²) < 4.78 is 20.7. The molecule has 3 unspecified atom stereocenters. The maximum Gasteiger partial charge on any atom is 0.308 e. The van der Waals surface area contributed by atoms with Crippen molar-refractivity contribution in [3.8, 4) is 16.9 Å². The monoisotopic (exact) mass is 572 g/mol. The highest BCUT2D eigenvalue weighted by molar-refractivity contribution is 5.76. The largest absolute Gasteiger partial charge is 0.466 e. The van der Waals surface area contributed by atoms with Crippen molar-refractivity contribution in [2.75, 3.05) is 11.9 Å². The number of benzene rings is 2. The Hall–Kier alpha value is -4.34.